The Morgan fingerprint density at radius 2 is 1.97 bits per heavy atom. The van der Waals surface area contributed by atoms with Gasteiger partial charge in [-0.1, -0.05) is 6.07 Å². The lowest BCUT2D eigenvalue weighted by Crippen LogP contribution is -2.20. The van der Waals surface area contributed by atoms with E-state index in [4.69, 9.17) is 5.26 Å². The summed E-state index contributed by atoms with van der Waals surface area (Å²) in [6.07, 6.45) is -0.0192. The number of aromatic nitrogens is 2. The Balaban J connectivity index is 1.77. The standard InChI is InChI=1S/C21H15F3N4O/c22-15-5-6-27(11-15)17-3-4-20(19(24)9-17)28-21(8-16(12-29)26-28)13-1-2-14(10-25)18(23)7-13/h1-4,7-9,12,15H,5-6,11H2. The molecule has 4 rings (SSSR count). The number of anilines is 1. The van der Waals surface area contributed by atoms with Gasteiger partial charge in [-0.3, -0.25) is 4.79 Å². The van der Waals surface area contributed by atoms with Crippen LogP contribution >= 0.6 is 0 Å². The number of alkyl halides is 1. The first-order valence-corrected chi connectivity index (χ1v) is 8.94. The first-order valence-electron chi connectivity index (χ1n) is 8.94. The Morgan fingerprint density at radius 3 is 2.59 bits per heavy atom. The zero-order valence-electron chi connectivity index (χ0n) is 15.1. The molecule has 0 saturated carbocycles. The van der Waals surface area contributed by atoms with Gasteiger partial charge in [0.15, 0.2) is 12.1 Å². The maximum Gasteiger partial charge on any atom is 0.170 e. The first-order chi connectivity index (χ1) is 14.0. The Hall–Kier alpha value is -3.60. The number of nitrogens with zero attached hydrogens (tertiary/aromatic N) is 4. The number of hydrogen-bond acceptors (Lipinski definition) is 4. The normalized spacial score (nSPS) is 16.1. The van der Waals surface area contributed by atoms with Crippen molar-refractivity contribution in [2.75, 3.05) is 18.0 Å². The van der Waals surface area contributed by atoms with E-state index in [1.54, 1.807) is 17.0 Å². The molecule has 0 aliphatic carbocycles. The van der Waals surface area contributed by atoms with Gasteiger partial charge in [0.25, 0.3) is 0 Å². The Morgan fingerprint density at radius 1 is 1.14 bits per heavy atom. The first kappa shape index (κ1) is 18.7. The highest BCUT2D eigenvalue weighted by molar-refractivity contribution is 5.76. The quantitative estimate of drug-likeness (QED) is 0.625. The summed E-state index contributed by atoms with van der Waals surface area (Å²) < 4.78 is 43.6. The highest BCUT2D eigenvalue weighted by Gasteiger charge is 2.23. The lowest BCUT2D eigenvalue weighted by molar-refractivity contribution is 0.111. The third-order valence-corrected chi connectivity index (χ3v) is 4.89. The van der Waals surface area contributed by atoms with Gasteiger partial charge >= 0.3 is 0 Å². The SMILES string of the molecule is N#Cc1ccc(-c2cc(C=O)nn2-c2ccc(N3CCC(F)C3)cc2F)cc1F. The molecule has 1 fully saturated rings. The number of halogens is 3. The van der Waals surface area contributed by atoms with Gasteiger partial charge in [0, 0.05) is 24.3 Å². The second-order valence-corrected chi connectivity index (χ2v) is 6.76. The van der Waals surface area contributed by atoms with Crippen LogP contribution in [-0.2, 0) is 0 Å². The maximum atomic E-state index is 14.9. The maximum absolute atomic E-state index is 14.9. The predicted octanol–water partition coefficient (Wildman–Crippen LogP) is 4.05. The summed E-state index contributed by atoms with van der Waals surface area (Å²) in [7, 11) is 0. The molecule has 3 aromatic rings. The average molecular weight is 396 g/mol. The molecule has 1 atom stereocenters. The van der Waals surface area contributed by atoms with Gasteiger partial charge in [-0.15, -0.1) is 0 Å². The molecule has 29 heavy (non-hydrogen) atoms. The Kier molecular flexibility index (Phi) is 4.80. The van der Waals surface area contributed by atoms with Crippen LogP contribution < -0.4 is 4.90 Å². The van der Waals surface area contributed by atoms with Crippen LogP contribution in [-0.4, -0.2) is 35.3 Å². The topological polar surface area (TPSA) is 61.9 Å². The van der Waals surface area contributed by atoms with Gasteiger partial charge in [0.05, 0.1) is 11.3 Å². The lowest BCUT2D eigenvalue weighted by atomic mass is 10.1. The van der Waals surface area contributed by atoms with Crippen molar-refractivity contribution in [2.24, 2.45) is 0 Å². The second-order valence-electron chi connectivity index (χ2n) is 6.76. The van der Waals surface area contributed by atoms with Gasteiger partial charge in [0.2, 0.25) is 0 Å². The molecule has 1 aliphatic heterocycles. The van der Waals surface area contributed by atoms with Crippen LogP contribution in [0.1, 0.15) is 22.5 Å². The van der Waals surface area contributed by atoms with E-state index >= 15 is 0 Å². The third kappa shape index (κ3) is 3.47. The predicted molar refractivity (Wildman–Crippen MR) is 101 cm³/mol. The smallest absolute Gasteiger partial charge is 0.170 e. The van der Waals surface area contributed by atoms with Crippen molar-refractivity contribution < 1.29 is 18.0 Å². The van der Waals surface area contributed by atoms with E-state index in [9.17, 15) is 18.0 Å². The van der Waals surface area contributed by atoms with Crippen LogP contribution in [0.5, 0.6) is 0 Å². The number of carbonyl (C=O) groups excluding carboxylic acids is 1. The van der Waals surface area contributed by atoms with Gasteiger partial charge in [-0.2, -0.15) is 10.4 Å². The molecule has 1 unspecified atom stereocenters. The number of rotatable bonds is 4. The highest BCUT2D eigenvalue weighted by Crippen LogP contribution is 2.29. The Labute approximate surface area is 164 Å². The average Bonchev–Trinajstić information content (AvgIpc) is 3.34. The molecular formula is C21H15F3N4O. The van der Waals surface area contributed by atoms with Crippen LogP contribution in [0.15, 0.2) is 42.5 Å². The largest absolute Gasteiger partial charge is 0.368 e. The molecule has 0 N–H and O–H groups in total. The van der Waals surface area contributed by atoms with Crippen LogP contribution in [0.4, 0.5) is 18.9 Å². The van der Waals surface area contributed by atoms with E-state index in [1.807, 2.05) is 0 Å². The second kappa shape index (κ2) is 7.43. The number of hydrogen-bond donors (Lipinski definition) is 0. The lowest BCUT2D eigenvalue weighted by Gasteiger charge is -2.18. The summed E-state index contributed by atoms with van der Waals surface area (Å²) in [6, 6.07) is 11.5. The molecule has 8 heteroatoms. The van der Waals surface area contributed by atoms with Gasteiger partial charge < -0.3 is 4.90 Å². The number of nitriles is 1. The van der Waals surface area contributed by atoms with Crippen molar-refractivity contribution in [1.29, 1.82) is 5.26 Å². The van der Waals surface area contributed by atoms with E-state index < -0.39 is 17.8 Å². The number of aldehydes is 1. The minimum atomic E-state index is -0.933. The number of benzene rings is 2. The van der Waals surface area contributed by atoms with E-state index in [1.165, 1.54) is 35.0 Å². The van der Waals surface area contributed by atoms with E-state index in [-0.39, 0.29) is 23.5 Å². The minimum absolute atomic E-state index is 0.0491. The van der Waals surface area contributed by atoms with Crippen molar-refractivity contribution in [2.45, 2.75) is 12.6 Å². The van der Waals surface area contributed by atoms with Gasteiger partial charge in [-0.05, 0) is 42.8 Å². The molecule has 2 aromatic carbocycles. The fraction of sp³-hybridized carbons (Fsp3) is 0.190. The van der Waals surface area contributed by atoms with E-state index in [0.717, 1.165) is 6.07 Å². The monoisotopic (exact) mass is 396 g/mol. The molecule has 0 amide bonds. The molecular weight excluding hydrogens is 381 g/mol. The zero-order chi connectivity index (χ0) is 20.5. The van der Waals surface area contributed by atoms with Crippen molar-refractivity contribution in [1.82, 2.24) is 9.78 Å². The van der Waals surface area contributed by atoms with Crippen molar-refractivity contribution in [3.8, 4) is 23.0 Å². The highest BCUT2D eigenvalue weighted by atomic mass is 19.1. The molecule has 1 saturated heterocycles. The number of carbonyl (C=O) groups is 1. The summed E-state index contributed by atoms with van der Waals surface area (Å²) in [4.78, 5) is 13.0. The molecule has 0 spiro atoms. The molecule has 5 nitrogen and oxygen atoms in total. The summed E-state index contributed by atoms with van der Waals surface area (Å²) in [5.74, 6) is -1.34. The van der Waals surface area contributed by atoms with Gasteiger partial charge in [0.1, 0.15) is 29.4 Å². The van der Waals surface area contributed by atoms with Crippen LogP contribution in [0.25, 0.3) is 16.9 Å². The van der Waals surface area contributed by atoms with E-state index in [2.05, 4.69) is 5.10 Å². The summed E-state index contributed by atoms with van der Waals surface area (Å²) in [5, 5.41) is 13.0. The van der Waals surface area contributed by atoms with Gasteiger partial charge in [-0.25, -0.2) is 17.9 Å². The molecule has 0 bridgehead atoms. The van der Waals surface area contributed by atoms with Crippen molar-refractivity contribution >= 4 is 12.0 Å². The van der Waals surface area contributed by atoms with Crippen LogP contribution in [0, 0.1) is 23.0 Å². The Bertz CT molecular complexity index is 1140. The van der Waals surface area contributed by atoms with Crippen molar-refractivity contribution in [3.05, 3.63) is 65.4 Å². The van der Waals surface area contributed by atoms with Crippen LogP contribution in [0.3, 0.4) is 0 Å². The molecule has 1 aliphatic rings. The van der Waals surface area contributed by atoms with E-state index in [0.29, 0.717) is 36.2 Å². The summed E-state index contributed by atoms with van der Waals surface area (Å²) >= 11 is 0. The molecule has 2 heterocycles. The molecule has 146 valence electrons. The summed E-state index contributed by atoms with van der Waals surface area (Å²) in [5.41, 5.74) is 1.19. The summed E-state index contributed by atoms with van der Waals surface area (Å²) in [6.45, 7) is 0.721. The fourth-order valence-corrected chi connectivity index (χ4v) is 3.43. The third-order valence-electron chi connectivity index (χ3n) is 4.89. The molecule has 0 radical (unpaired) electrons. The van der Waals surface area contributed by atoms with Crippen molar-refractivity contribution in [3.63, 3.8) is 0 Å². The van der Waals surface area contributed by atoms with Crippen LogP contribution in [0.2, 0.25) is 0 Å². The minimum Gasteiger partial charge on any atom is -0.368 e. The zero-order valence-corrected chi connectivity index (χ0v) is 15.1. The molecule has 1 aromatic heterocycles. The fourth-order valence-electron chi connectivity index (χ4n) is 3.43.